The van der Waals surface area contributed by atoms with E-state index in [0.29, 0.717) is 5.28 Å². The Balaban J connectivity index is 2.33. The fourth-order valence-electron chi connectivity index (χ4n) is 2.01. The van der Waals surface area contributed by atoms with Crippen molar-refractivity contribution in [2.75, 3.05) is 0 Å². The molecule has 0 bridgehead atoms. The van der Waals surface area contributed by atoms with Crippen molar-refractivity contribution in [3.8, 4) is 5.69 Å². The number of halogens is 1. The fourth-order valence-corrected chi connectivity index (χ4v) is 2.29. The molecule has 0 aliphatic heterocycles. The molecule has 1 heterocycles. The summed E-state index contributed by atoms with van der Waals surface area (Å²) in [5.41, 5.74) is 4.20. The van der Waals surface area contributed by atoms with Crippen LogP contribution in [0.15, 0.2) is 48.5 Å². The van der Waals surface area contributed by atoms with Crippen LogP contribution in [0.1, 0.15) is 5.56 Å². The van der Waals surface area contributed by atoms with E-state index in [-0.39, 0.29) is 0 Å². The number of rotatable bonds is 1. The lowest BCUT2D eigenvalue weighted by Gasteiger charge is -2.06. The van der Waals surface area contributed by atoms with Crippen molar-refractivity contribution >= 4 is 22.6 Å². The maximum atomic E-state index is 6.21. The summed E-state index contributed by atoms with van der Waals surface area (Å²) >= 11 is 6.21. The summed E-state index contributed by atoms with van der Waals surface area (Å²) in [7, 11) is 0. The molecular weight excluding hydrogens is 232 g/mol. The quantitative estimate of drug-likeness (QED) is 0.631. The molecule has 0 unspecified atom stereocenters. The molecule has 0 spiro atoms. The standard InChI is InChI=1S/C14H11ClN2/c1-10-5-4-6-11(9-10)17-13-8-3-2-7-12(13)16-14(17)15/h2-9H,1H3. The summed E-state index contributed by atoms with van der Waals surface area (Å²) < 4.78 is 1.96. The molecule has 1 aromatic heterocycles. The maximum absolute atomic E-state index is 6.21. The molecule has 3 heteroatoms. The Morgan fingerprint density at radius 3 is 2.71 bits per heavy atom. The Kier molecular flexibility index (Phi) is 2.37. The van der Waals surface area contributed by atoms with Crippen LogP contribution in [-0.4, -0.2) is 9.55 Å². The lowest BCUT2D eigenvalue weighted by molar-refractivity contribution is 1.09. The number of aromatic nitrogens is 2. The highest BCUT2D eigenvalue weighted by atomic mass is 35.5. The van der Waals surface area contributed by atoms with Crippen LogP contribution >= 0.6 is 11.6 Å². The number of fused-ring (bicyclic) bond motifs is 1. The molecule has 0 N–H and O–H groups in total. The van der Waals surface area contributed by atoms with Crippen molar-refractivity contribution in [3.63, 3.8) is 0 Å². The third-order valence-corrected chi connectivity index (χ3v) is 3.03. The minimum Gasteiger partial charge on any atom is -0.283 e. The first-order valence-corrected chi connectivity index (χ1v) is 5.83. The summed E-state index contributed by atoms with van der Waals surface area (Å²) in [6.45, 7) is 2.07. The van der Waals surface area contributed by atoms with E-state index in [1.54, 1.807) is 0 Å². The van der Waals surface area contributed by atoms with Gasteiger partial charge in [-0.3, -0.25) is 4.57 Å². The highest BCUT2D eigenvalue weighted by molar-refractivity contribution is 6.29. The van der Waals surface area contributed by atoms with Gasteiger partial charge in [0.1, 0.15) is 0 Å². The van der Waals surface area contributed by atoms with Gasteiger partial charge in [0, 0.05) is 5.69 Å². The monoisotopic (exact) mass is 242 g/mol. The molecule has 2 nitrogen and oxygen atoms in total. The van der Waals surface area contributed by atoms with Crippen molar-refractivity contribution in [1.29, 1.82) is 0 Å². The van der Waals surface area contributed by atoms with Crippen molar-refractivity contribution < 1.29 is 0 Å². The molecule has 0 aliphatic rings. The second kappa shape index (κ2) is 3.90. The second-order valence-electron chi connectivity index (χ2n) is 4.04. The number of para-hydroxylation sites is 2. The van der Waals surface area contributed by atoms with E-state index in [2.05, 4.69) is 24.0 Å². The van der Waals surface area contributed by atoms with Crippen LogP contribution in [0.5, 0.6) is 0 Å². The van der Waals surface area contributed by atoms with Gasteiger partial charge in [0.05, 0.1) is 11.0 Å². The van der Waals surface area contributed by atoms with Gasteiger partial charge in [-0.25, -0.2) is 4.98 Å². The number of nitrogens with zero attached hydrogens (tertiary/aromatic N) is 2. The average Bonchev–Trinajstić information content (AvgIpc) is 2.64. The summed E-state index contributed by atoms with van der Waals surface area (Å²) in [5.74, 6) is 0. The first-order valence-electron chi connectivity index (χ1n) is 5.46. The number of hydrogen-bond donors (Lipinski definition) is 0. The molecule has 2 aromatic carbocycles. The maximum Gasteiger partial charge on any atom is 0.208 e. The van der Waals surface area contributed by atoms with Gasteiger partial charge in [-0.15, -0.1) is 0 Å². The molecule has 0 saturated heterocycles. The lowest BCUT2D eigenvalue weighted by Crippen LogP contribution is -1.94. The molecule has 0 fully saturated rings. The van der Waals surface area contributed by atoms with Gasteiger partial charge in [-0.05, 0) is 48.4 Å². The van der Waals surface area contributed by atoms with Crippen LogP contribution in [-0.2, 0) is 0 Å². The number of hydrogen-bond acceptors (Lipinski definition) is 1. The van der Waals surface area contributed by atoms with Gasteiger partial charge in [-0.2, -0.15) is 0 Å². The zero-order valence-corrected chi connectivity index (χ0v) is 10.1. The number of benzene rings is 2. The Labute approximate surface area is 104 Å². The molecule has 0 saturated carbocycles. The summed E-state index contributed by atoms with van der Waals surface area (Å²) in [6.07, 6.45) is 0. The summed E-state index contributed by atoms with van der Waals surface area (Å²) in [6, 6.07) is 16.2. The number of aryl methyl sites for hydroxylation is 1. The van der Waals surface area contributed by atoms with Gasteiger partial charge in [0.25, 0.3) is 0 Å². The molecule has 0 atom stereocenters. The van der Waals surface area contributed by atoms with Crippen LogP contribution in [0, 0.1) is 6.92 Å². The Morgan fingerprint density at radius 1 is 1.06 bits per heavy atom. The molecule has 0 aliphatic carbocycles. The first kappa shape index (κ1) is 10.4. The van der Waals surface area contributed by atoms with E-state index < -0.39 is 0 Å². The second-order valence-corrected chi connectivity index (χ2v) is 4.38. The van der Waals surface area contributed by atoms with E-state index >= 15 is 0 Å². The summed E-state index contributed by atoms with van der Waals surface area (Å²) in [5, 5.41) is 0.497. The molecule has 17 heavy (non-hydrogen) atoms. The van der Waals surface area contributed by atoms with Crippen molar-refractivity contribution in [1.82, 2.24) is 9.55 Å². The lowest BCUT2D eigenvalue weighted by atomic mass is 10.2. The van der Waals surface area contributed by atoms with Crippen LogP contribution in [0.25, 0.3) is 16.7 Å². The molecular formula is C14H11ClN2. The van der Waals surface area contributed by atoms with E-state index in [0.717, 1.165) is 16.7 Å². The predicted molar refractivity (Wildman–Crippen MR) is 70.8 cm³/mol. The highest BCUT2D eigenvalue weighted by Crippen LogP contribution is 2.24. The van der Waals surface area contributed by atoms with Crippen LogP contribution in [0.4, 0.5) is 0 Å². The third-order valence-electron chi connectivity index (χ3n) is 2.78. The van der Waals surface area contributed by atoms with Gasteiger partial charge < -0.3 is 0 Å². The van der Waals surface area contributed by atoms with Crippen molar-refractivity contribution in [2.24, 2.45) is 0 Å². The summed E-state index contributed by atoms with van der Waals surface area (Å²) in [4.78, 5) is 4.35. The van der Waals surface area contributed by atoms with E-state index in [1.807, 2.05) is 41.0 Å². The number of imidazole rings is 1. The van der Waals surface area contributed by atoms with Crippen molar-refractivity contribution in [3.05, 3.63) is 59.4 Å². The fraction of sp³-hybridized carbons (Fsp3) is 0.0714. The smallest absolute Gasteiger partial charge is 0.208 e. The van der Waals surface area contributed by atoms with Crippen LogP contribution in [0.3, 0.4) is 0 Å². The predicted octanol–water partition coefficient (Wildman–Crippen LogP) is 3.99. The molecule has 3 aromatic rings. The third kappa shape index (κ3) is 1.71. The Morgan fingerprint density at radius 2 is 1.88 bits per heavy atom. The minimum atomic E-state index is 0.497. The van der Waals surface area contributed by atoms with E-state index in [4.69, 9.17) is 11.6 Å². The average molecular weight is 243 g/mol. The SMILES string of the molecule is Cc1cccc(-n2c(Cl)nc3ccccc32)c1. The van der Waals surface area contributed by atoms with E-state index in [1.165, 1.54) is 5.56 Å². The Bertz CT molecular complexity index is 686. The van der Waals surface area contributed by atoms with Gasteiger partial charge in [0.2, 0.25) is 5.28 Å². The largest absolute Gasteiger partial charge is 0.283 e. The Hall–Kier alpha value is -1.80. The zero-order chi connectivity index (χ0) is 11.8. The first-order chi connectivity index (χ1) is 8.25. The molecule has 84 valence electrons. The molecule has 0 amide bonds. The van der Waals surface area contributed by atoms with Crippen LogP contribution in [0.2, 0.25) is 5.28 Å². The zero-order valence-electron chi connectivity index (χ0n) is 9.39. The topological polar surface area (TPSA) is 17.8 Å². The normalized spacial score (nSPS) is 10.9. The van der Waals surface area contributed by atoms with Gasteiger partial charge in [0.15, 0.2) is 0 Å². The molecule has 3 rings (SSSR count). The van der Waals surface area contributed by atoms with E-state index in [9.17, 15) is 0 Å². The van der Waals surface area contributed by atoms with Crippen molar-refractivity contribution in [2.45, 2.75) is 6.92 Å². The van der Waals surface area contributed by atoms with Gasteiger partial charge >= 0.3 is 0 Å². The van der Waals surface area contributed by atoms with Crippen LogP contribution < -0.4 is 0 Å². The highest BCUT2D eigenvalue weighted by Gasteiger charge is 2.09. The molecule has 0 radical (unpaired) electrons. The minimum absolute atomic E-state index is 0.497. The van der Waals surface area contributed by atoms with Gasteiger partial charge in [-0.1, -0.05) is 24.3 Å².